The quantitative estimate of drug-likeness (QED) is 0.183. The highest BCUT2D eigenvalue weighted by molar-refractivity contribution is 7.92. The van der Waals surface area contributed by atoms with Gasteiger partial charge in [-0.1, -0.05) is 30.3 Å². The van der Waals surface area contributed by atoms with Crippen LogP contribution in [-0.4, -0.2) is 50.2 Å². The van der Waals surface area contributed by atoms with Crippen molar-refractivity contribution in [1.82, 2.24) is 5.32 Å². The van der Waals surface area contributed by atoms with Crippen LogP contribution < -0.4 is 20.1 Å². The van der Waals surface area contributed by atoms with Crippen LogP contribution in [-0.2, 0) is 20.4 Å². The molecule has 11 heteroatoms. The van der Waals surface area contributed by atoms with E-state index in [0.29, 0.717) is 28.1 Å². The normalized spacial score (nSPS) is 13.7. The second kappa shape index (κ2) is 11.6. The lowest BCUT2D eigenvalue weighted by Gasteiger charge is -2.31. The zero-order chi connectivity index (χ0) is 28.1. The van der Waals surface area contributed by atoms with Crippen LogP contribution in [0, 0.1) is 0 Å². The van der Waals surface area contributed by atoms with E-state index >= 15 is 0 Å². The SMILES string of the molecule is COc1ccc(C(C)(NC[C@@H](O)c2ccc(O)c(NS(C)(=O)=O)c2)C(=O)Nc2cccc(C(C)=O)c2)cc1. The average Bonchev–Trinajstić information content (AvgIpc) is 2.87. The number of benzene rings is 3. The van der Waals surface area contributed by atoms with Gasteiger partial charge in [-0.3, -0.25) is 19.6 Å². The van der Waals surface area contributed by atoms with Crippen molar-refractivity contribution in [2.45, 2.75) is 25.5 Å². The Bertz CT molecular complexity index is 1420. The molecule has 0 bridgehead atoms. The largest absolute Gasteiger partial charge is 0.506 e. The molecule has 0 aliphatic heterocycles. The van der Waals surface area contributed by atoms with E-state index < -0.39 is 27.6 Å². The second-order valence-electron chi connectivity index (χ2n) is 8.99. The fraction of sp³-hybridized carbons (Fsp3) is 0.259. The molecule has 0 fully saturated rings. The summed E-state index contributed by atoms with van der Waals surface area (Å²) in [5, 5.41) is 26.8. The predicted molar refractivity (Wildman–Crippen MR) is 145 cm³/mol. The summed E-state index contributed by atoms with van der Waals surface area (Å²) >= 11 is 0. The van der Waals surface area contributed by atoms with Crippen molar-refractivity contribution in [3.63, 3.8) is 0 Å². The molecule has 1 amide bonds. The summed E-state index contributed by atoms with van der Waals surface area (Å²) in [5.41, 5.74) is 0.349. The molecule has 202 valence electrons. The minimum Gasteiger partial charge on any atom is -0.506 e. The first kappa shape index (κ1) is 28.6. The minimum atomic E-state index is -3.66. The highest BCUT2D eigenvalue weighted by Crippen LogP contribution is 2.30. The van der Waals surface area contributed by atoms with Gasteiger partial charge in [0.1, 0.15) is 17.0 Å². The molecular formula is C27H31N3O7S. The number of carbonyl (C=O) groups is 2. The molecule has 0 aromatic heterocycles. The third-order valence-corrected chi connectivity index (χ3v) is 6.59. The molecule has 0 saturated carbocycles. The number of amides is 1. The van der Waals surface area contributed by atoms with Crippen LogP contribution in [0.1, 0.15) is 41.4 Å². The van der Waals surface area contributed by atoms with Crippen LogP contribution in [0.25, 0.3) is 0 Å². The Hall–Kier alpha value is -3.93. The maximum Gasteiger partial charge on any atom is 0.249 e. The highest BCUT2D eigenvalue weighted by atomic mass is 32.2. The van der Waals surface area contributed by atoms with Gasteiger partial charge >= 0.3 is 0 Å². The topological polar surface area (TPSA) is 154 Å². The number of aromatic hydroxyl groups is 1. The van der Waals surface area contributed by atoms with Gasteiger partial charge in [-0.25, -0.2) is 8.42 Å². The molecule has 0 aliphatic carbocycles. The number of aliphatic hydroxyl groups excluding tert-OH is 1. The molecule has 10 nitrogen and oxygen atoms in total. The van der Waals surface area contributed by atoms with Crippen molar-refractivity contribution in [3.05, 3.63) is 83.4 Å². The second-order valence-corrected chi connectivity index (χ2v) is 10.7. The van der Waals surface area contributed by atoms with Gasteiger partial charge in [-0.15, -0.1) is 0 Å². The summed E-state index contributed by atoms with van der Waals surface area (Å²) in [6.45, 7) is 2.98. The number of sulfonamides is 1. The lowest BCUT2D eigenvalue weighted by Crippen LogP contribution is -2.51. The number of phenolic OH excluding ortho intramolecular Hbond substituents is 1. The van der Waals surface area contributed by atoms with Crippen LogP contribution in [0.15, 0.2) is 66.7 Å². The van der Waals surface area contributed by atoms with E-state index in [4.69, 9.17) is 4.74 Å². The predicted octanol–water partition coefficient (Wildman–Crippen LogP) is 3.15. The van der Waals surface area contributed by atoms with E-state index in [0.717, 1.165) is 6.26 Å². The van der Waals surface area contributed by atoms with E-state index in [2.05, 4.69) is 15.4 Å². The maximum absolute atomic E-state index is 13.6. The van der Waals surface area contributed by atoms with Crippen molar-refractivity contribution in [2.75, 3.05) is 29.9 Å². The van der Waals surface area contributed by atoms with Gasteiger partial charge < -0.3 is 20.3 Å². The number of anilines is 2. The zero-order valence-electron chi connectivity index (χ0n) is 21.5. The number of methoxy groups -OCH3 is 1. The average molecular weight is 542 g/mol. The molecule has 0 heterocycles. The first-order valence-electron chi connectivity index (χ1n) is 11.6. The van der Waals surface area contributed by atoms with Gasteiger partial charge in [-0.2, -0.15) is 0 Å². The third-order valence-electron chi connectivity index (χ3n) is 6.00. The fourth-order valence-corrected chi connectivity index (χ4v) is 4.33. The van der Waals surface area contributed by atoms with Crippen molar-refractivity contribution < 1.29 is 33.0 Å². The number of ether oxygens (including phenoxy) is 1. The number of nitrogens with one attached hydrogen (secondary N) is 3. The number of hydrogen-bond acceptors (Lipinski definition) is 8. The smallest absolute Gasteiger partial charge is 0.249 e. The number of hydrogen-bond donors (Lipinski definition) is 5. The molecule has 0 spiro atoms. The molecule has 0 aliphatic rings. The number of Topliss-reactive ketones (excluding diaryl/α,β-unsaturated/α-hetero) is 1. The molecule has 3 aromatic rings. The minimum absolute atomic E-state index is 0.0786. The number of ketones is 1. The molecular weight excluding hydrogens is 510 g/mol. The van der Waals surface area contributed by atoms with E-state index in [-0.39, 0.29) is 23.8 Å². The molecule has 3 rings (SSSR count). The Kier molecular flexibility index (Phi) is 8.77. The lowest BCUT2D eigenvalue weighted by molar-refractivity contribution is -0.122. The van der Waals surface area contributed by atoms with Crippen LogP contribution in [0.4, 0.5) is 11.4 Å². The Labute approximate surface area is 221 Å². The number of carbonyl (C=O) groups excluding carboxylic acids is 2. The van der Waals surface area contributed by atoms with Gasteiger partial charge in [0.25, 0.3) is 0 Å². The fourth-order valence-electron chi connectivity index (χ4n) is 3.77. The number of aliphatic hydroxyl groups is 1. The summed E-state index contributed by atoms with van der Waals surface area (Å²) < 4.78 is 30.6. The summed E-state index contributed by atoms with van der Waals surface area (Å²) in [6, 6.07) is 17.5. The van der Waals surface area contributed by atoms with Crippen LogP contribution in [0.2, 0.25) is 0 Å². The van der Waals surface area contributed by atoms with Gasteiger partial charge in [0.2, 0.25) is 15.9 Å². The molecule has 1 unspecified atom stereocenters. The Morgan fingerprint density at radius 1 is 1.05 bits per heavy atom. The first-order chi connectivity index (χ1) is 17.8. The van der Waals surface area contributed by atoms with Gasteiger partial charge in [-0.05, 0) is 61.4 Å². The van der Waals surface area contributed by atoms with Gasteiger partial charge in [0.05, 0.1) is 25.2 Å². The maximum atomic E-state index is 13.6. The molecule has 0 saturated heterocycles. The molecule has 5 N–H and O–H groups in total. The first-order valence-corrected chi connectivity index (χ1v) is 13.5. The van der Waals surface area contributed by atoms with Crippen molar-refractivity contribution in [1.29, 1.82) is 0 Å². The summed E-state index contributed by atoms with van der Waals surface area (Å²) in [7, 11) is -2.13. The van der Waals surface area contributed by atoms with Crippen LogP contribution in [0.3, 0.4) is 0 Å². The van der Waals surface area contributed by atoms with E-state index in [9.17, 15) is 28.2 Å². The Balaban J connectivity index is 1.89. The van der Waals surface area contributed by atoms with E-state index in [1.54, 1.807) is 55.5 Å². The van der Waals surface area contributed by atoms with Crippen molar-refractivity contribution in [2.24, 2.45) is 0 Å². The van der Waals surface area contributed by atoms with Crippen LogP contribution >= 0.6 is 0 Å². The third kappa shape index (κ3) is 7.09. The van der Waals surface area contributed by atoms with Crippen molar-refractivity contribution in [3.8, 4) is 11.5 Å². The Morgan fingerprint density at radius 3 is 2.34 bits per heavy atom. The standard InChI is InChI=1S/C27H31N3O7S/c1-17(31)18-6-5-7-21(14-18)29-26(34)27(2,20-9-11-22(37-3)12-10-20)28-16-25(33)19-8-13-24(32)23(15-19)30-38(4,35)36/h5-15,25,28,30,32-33H,16H2,1-4H3,(H,29,34)/t25-,27?/m1/s1. The summed E-state index contributed by atoms with van der Waals surface area (Å²) in [4.78, 5) is 25.4. The van der Waals surface area contributed by atoms with Gasteiger partial charge in [0.15, 0.2) is 5.78 Å². The van der Waals surface area contributed by atoms with Crippen molar-refractivity contribution >= 4 is 33.1 Å². The monoisotopic (exact) mass is 541 g/mol. The highest BCUT2D eigenvalue weighted by Gasteiger charge is 2.36. The summed E-state index contributed by atoms with van der Waals surface area (Å²) in [6.07, 6.45) is -0.218. The number of rotatable bonds is 11. The number of phenols is 1. The molecule has 0 radical (unpaired) electrons. The van der Waals surface area contributed by atoms with Crippen LogP contribution in [0.5, 0.6) is 11.5 Å². The van der Waals surface area contributed by atoms with E-state index in [1.165, 1.54) is 32.2 Å². The zero-order valence-corrected chi connectivity index (χ0v) is 22.3. The molecule has 2 atom stereocenters. The molecule has 38 heavy (non-hydrogen) atoms. The van der Waals surface area contributed by atoms with E-state index in [1.807, 2.05) is 0 Å². The lowest BCUT2D eigenvalue weighted by atomic mass is 9.90. The molecule has 3 aromatic carbocycles. The Morgan fingerprint density at radius 2 is 1.74 bits per heavy atom. The summed E-state index contributed by atoms with van der Waals surface area (Å²) in [5.74, 6) is -0.283. The van der Waals surface area contributed by atoms with Gasteiger partial charge in [0, 0.05) is 17.8 Å².